The third kappa shape index (κ3) is 4.07. The zero-order chi connectivity index (χ0) is 26.4. The lowest BCUT2D eigenvalue weighted by molar-refractivity contribution is -0.117. The van der Waals surface area contributed by atoms with Crippen LogP contribution in [0.2, 0.25) is 5.02 Å². The molecule has 2 aliphatic heterocycles. The summed E-state index contributed by atoms with van der Waals surface area (Å²) in [4.78, 5) is 45.5. The van der Waals surface area contributed by atoms with Crippen LogP contribution in [0.3, 0.4) is 0 Å². The van der Waals surface area contributed by atoms with E-state index < -0.39 is 18.0 Å². The normalized spacial score (nSPS) is 16.3. The summed E-state index contributed by atoms with van der Waals surface area (Å²) in [6, 6.07) is 22.0. The number of aromatic amines is 1. The zero-order valence-electron chi connectivity index (χ0n) is 19.5. The number of hydrogen-bond donors (Lipinski definition) is 3. The maximum Gasteiger partial charge on any atom is 0.272 e. The molecule has 2 aliphatic rings. The predicted molar refractivity (Wildman–Crippen MR) is 147 cm³/mol. The van der Waals surface area contributed by atoms with E-state index in [-0.39, 0.29) is 28.4 Å². The number of aromatic nitrogens is 2. The van der Waals surface area contributed by atoms with Gasteiger partial charge in [-0.1, -0.05) is 72.3 Å². The van der Waals surface area contributed by atoms with Crippen LogP contribution < -0.4 is 15.5 Å². The highest BCUT2D eigenvalue weighted by Crippen LogP contribution is 2.36. The number of nitrogens with one attached hydrogen (secondary N) is 3. The van der Waals surface area contributed by atoms with Crippen molar-refractivity contribution in [2.24, 2.45) is 4.99 Å². The molecule has 0 bridgehead atoms. The van der Waals surface area contributed by atoms with E-state index in [1.165, 1.54) is 4.90 Å². The summed E-state index contributed by atoms with van der Waals surface area (Å²) in [5, 5.41) is 12.8. The minimum absolute atomic E-state index is 0.0425. The molecule has 0 radical (unpaired) electrons. The van der Waals surface area contributed by atoms with Crippen molar-refractivity contribution < 1.29 is 14.4 Å². The van der Waals surface area contributed by atoms with Crippen molar-refractivity contribution in [3.63, 3.8) is 0 Å². The number of amides is 3. The van der Waals surface area contributed by atoms with Crippen LogP contribution in [0, 0.1) is 0 Å². The maximum absolute atomic E-state index is 13.3. The van der Waals surface area contributed by atoms with Crippen LogP contribution in [-0.4, -0.2) is 39.8 Å². The number of rotatable bonds is 4. The van der Waals surface area contributed by atoms with Gasteiger partial charge in [-0.25, -0.2) is 4.99 Å². The average molecular weight is 590 g/mol. The summed E-state index contributed by atoms with van der Waals surface area (Å²) in [5.41, 5.74) is 3.90. The molecule has 9 nitrogen and oxygen atoms in total. The quantitative estimate of drug-likeness (QED) is 0.324. The molecule has 1 unspecified atom stereocenters. The molecule has 0 fully saturated rings. The van der Waals surface area contributed by atoms with Gasteiger partial charge in [0, 0.05) is 11.1 Å². The van der Waals surface area contributed by atoms with Crippen molar-refractivity contribution in [2.45, 2.75) is 12.7 Å². The van der Waals surface area contributed by atoms with Gasteiger partial charge in [-0.3, -0.25) is 24.4 Å². The molecule has 0 spiro atoms. The van der Waals surface area contributed by atoms with Crippen molar-refractivity contribution in [3.8, 4) is 0 Å². The molecule has 1 atom stereocenters. The van der Waals surface area contributed by atoms with Gasteiger partial charge < -0.3 is 10.6 Å². The second-order valence-corrected chi connectivity index (χ2v) is 9.86. The third-order valence-electron chi connectivity index (χ3n) is 6.32. The van der Waals surface area contributed by atoms with Gasteiger partial charge in [0.15, 0.2) is 5.82 Å². The molecule has 1 aromatic heterocycles. The number of hydrogen-bond acceptors (Lipinski definition) is 5. The number of nitrogens with zero attached hydrogens (tertiary/aromatic N) is 3. The van der Waals surface area contributed by atoms with Gasteiger partial charge in [-0.05, 0) is 33.6 Å². The molecule has 0 aliphatic carbocycles. The molecular weight excluding hydrogens is 572 g/mol. The first-order valence-corrected chi connectivity index (χ1v) is 12.8. The van der Waals surface area contributed by atoms with Crippen LogP contribution in [-0.2, 0) is 11.3 Å². The summed E-state index contributed by atoms with van der Waals surface area (Å²) >= 11 is 9.64. The highest BCUT2D eigenvalue weighted by atomic mass is 79.9. The highest BCUT2D eigenvalue weighted by Gasteiger charge is 2.35. The lowest BCUT2D eigenvalue weighted by Gasteiger charge is -2.14. The van der Waals surface area contributed by atoms with Crippen molar-refractivity contribution in [2.75, 3.05) is 10.2 Å². The Balaban J connectivity index is 1.30. The lowest BCUT2D eigenvalue weighted by atomic mass is 10.0. The van der Waals surface area contributed by atoms with Gasteiger partial charge in [0.25, 0.3) is 17.7 Å². The summed E-state index contributed by atoms with van der Waals surface area (Å²) in [6.07, 6.45) is -1.22. The number of H-pyrrole nitrogens is 1. The Labute approximate surface area is 230 Å². The summed E-state index contributed by atoms with van der Waals surface area (Å²) in [6.45, 7) is 0.257. The Morgan fingerprint density at radius 3 is 2.58 bits per heavy atom. The predicted octanol–water partition coefficient (Wildman–Crippen LogP) is 4.53. The monoisotopic (exact) mass is 588 g/mol. The molecule has 3 aromatic carbocycles. The minimum Gasteiger partial charge on any atom is -0.322 e. The van der Waals surface area contributed by atoms with Gasteiger partial charge >= 0.3 is 0 Å². The van der Waals surface area contributed by atoms with Gasteiger partial charge in [0.2, 0.25) is 6.17 Å². The van der Waals surface area contributed by atoms with Gasteiger partial charge in [-0.15, -0.1) is 0 Å². The molecule has 38 heavy (non-hydrogen) atoms. The van der Waals surface area contributed by atoms with Crippen LogP contribution >= 0.6 is 27.5 Å². The lowest BCUT2D eigenvalue weighted by Crippen LogP contribution is -2.42. The highest BCUT2D eigenvalue weighted by molar-refractivity contribution is 9.10. The molecule has 3 N–H and O–H groups in total. The minimum atomic E-state index is -1.22. The van der Waals surface area contributed by atoms with E-state index in [4.69, 9.17) is 11.6 Å². The first-order valence-electron chi connectivity index (χ1n) is 11.6. The standard InChI is InChI=1S/C27H18BrClN6O3/c28-20-22(33-34-24(20)35-13-15-9-6-11-17(29)19(15)27(35)38)25(36)32-23-26(37)30-18-12-5-4-10-16(18)21(31-23)14-7-2-1-3-8-14/h1-12,23H,13H2,(H,30,37)(H,32,36)(H,33,34). The average Bonchev–Trinajstić information content (AvgIpc) is 3.42. The van der Waals surface area contributed by atoms with Gasteiger partial charge in [0.1, 0.15) is 5.69 Å². The Kier molecular flexibility index (Phi) is 6.05. The maximum atomic E-state index is 13.3. The van der Waals surface area contributed by atoms with Crippen molar-refractivity contribution in [1.82, 2.24) is 15.5 Å². The number of para-hydroxylation sites is 1. The number of carbonyl (C=O) groups is 3. The number of benzodiazepines with no additional fused rings is 1. The summed E-state index contributed by atoms with van der Waals surface area (Å²) < 4.78 is 0.275. The molecule has 11 heteroatoms. The van der Waals surface area contributed by atoms with E-state index in [0.717, 1.165) is 16.7 Å². The van der Waals surface area contributed by atoms with Crippen LogP contribution in [0.4, 0.5) is 11.5 Å². The Morgan fingerprint density at radius 1 is 1.03 bits per heavy atom. The number of aliphatic imine (C=N–C) groups is 1. The molecule has 6 rings (SSSR count). The Bertz CT molecular complexity index is 1650. The molecule has 4 aromatic rings. The van der Waals surface area contributed by atoms with Gasteiger partial charge in [-0.2, -0.15) is 5.10 Å². The van der Waals surface area contributed by atoms with Gasteiger partial charge in [0.05, 0.1) is 33.0 Å². The fourth-order valence-corrected chi connectivity index (χ4v) is 5.36. The van der Waals surface area contributed by atoms with E-state index in [9.17, 15) is 14.4 Å². The van der Waals surface area contributed by atoms with E-state index in [1.807, 2.05) is 54.6 Å². The van der Waals surface area contributed by atoms with Crippen molar-refractivity contribution in [1.29, 1.82) is 0 Å². The SMILES string of the molecule is O=C(NC1N=C(c2ccccc2)c2ccccc2NC1=O)c1[nH]nc(N2Cc3cccc(Cl)c3C2=O)c1Br. The number of anilines is 2. The number of carbonyl (C=O) groups excluding carboxylic acids is 3. The Morgan fingerprint density at radius 2 is 1.79 bits per heavy atom. The fourth-order valence-electron chi connectivity index (χ4n) is 4.51. The topological polar surface area (TPSA) is 120 Å². The van der Waals surface area contributed by atoms with Crippen LogP contribution in [0.25, 0.3) is 0 Å². The summed E-state index contributed by atoms with van der Waals surface area (Å²) in [7, 11) is 0. The van der Waals surface area contributed by atoms with Crippen LogP contribution in [0.5, 0.6) is 0 Å². The van der Waals surface area contributed by atoms with Crippen LogP contribution in [0.1, 0.15) is 37.5 Å². The molecule has 3 amide bonds. The van der Waals surface area contributed by atoms with E-state index in [2.05, 4.69) is 41.8 Å². The third-order valence-corrected chi connectivity index (χ3v) is 7.39. The molecule has 0 saturated carbocycles. The number of fused-ring (bicyclic) bond motifs is 2. The van der Waals surface area contributed by atoms with Crippen LogP contribution in [0.15, 0.2) is 82.3 Å². The number of benzene rings is 3. The molecule has 0 saturated heterocycles. The largest absolute Gasteiger partial charge is 0.322 e. The smallest absolute Gasteiger partial charge is 0.272 e. The van der Waals surface area contributed by atoms with E-state index in [0.29, 0.717) is 22.0 Å². The second-order valence-electron chi connectivity index (χ2n) is 8.66. The summed E-state index contributed by atoms with van der Waals surface area (Å²) in [5.74, 6) is -1.20. The zero-order valence-corrected chi connectivity index (χ0v) is 21.9. The first kappa shape index (κ1) is 24.1. The van der Waals surface area contributed by atoms with Crippen molar-refractivity contribution in [3.05, 3.63) is 110 Å². The molecular formula is C27H18BrClN6O3. The number of halogens is 2. The fraction of sp³-hybridized carbons (Fsp3) is 0.0741. The molecule has 188 valence electrons. The van der Waals surface area contributed by atoms with Crippen molar-refractivity contribution >= 4 is 62.5 Å². The van der Waals surface area contributed by atoms with E-state index in [1.54, 1.807) is 18.2 Å². The Hall–Kier alpha value is -4.28. The molecule has 3 heterocycles. The van der Waals surface area contributed by atoms with E-state index >= 15 is 0 Å². The first-order chi connectivity index (χ1) is 18.4. The second kappa shape index (κ2) is 9.55.